The highest BCUT2D eigenvalue weighted by Gasteiger charge is 2.15. The van der Waals surface area contributed by atoms with Crippen LogP contribution in [0, 0.1) is 0 Å². The van der Waals surface area contributed by atoms with E-state index in [0.717, 1.165) is 19.5 Å². The van der Waals surface area contributed by atoms with Crippen LogP contribution in [-0.2, 0) is 19.5 Å². The second kappa shape index (κ2) is 8.86. The van der Waals surface area contributed by atoms with Gasteiger partial charge in [-0.15, -0.1) is 11.3 Å². The van der Waals surface area contributed by atoms with E-state index < -0.39 is 0 Å². The van der Waals surface area contributed by atoms with Gasteiger partial charge in [0.25, 0.3) is 0 Å². The topological polar surface area (TPSA) is 28.2 Å². The molecule has 2 heterocycles. The van der Waals surface area contributed by atoms with Crippen molar-refractivity contribution in [3.8, 4) is 0 Å². The quantitative estimate of drug-likeness (QED) is 0.826. The van der Waals surface area contributed by atoms with Gasteiger partial charge in [0.15, 0.2) is 0 Å². The molecule has 1 aromatic rings. The van der Waals surface area contributed by atoms with E-state index in [9.17, 15) is 0 Å². The van der Waals surface area contributed by atoms with E-state index in [2.05, 4.69) is 31.0 Å². The zero-order valence-corrected chi connectivity index (χ0v) is 14.8. The van der Waals surface area contributed by atoms with Gasteiger partial charge in [0.1, 0.15) is 5.01 Å². The molecule has 21 heavy (non-hydrogen) atoms. The van der Waals surface area contributed by atoms with Crippen LogP contribution in [0.15, 0.2) is 0 Å². The number of hydrogen-bond acceptors (Lipinski definition) is 4. The van der Waals surface area contributed by atoms with Gasteiger partial charge in [-0.25, -0.2) is 4.98 Å². The van der Waals surface area contributed by atoms with Crippen LogP contribution in [0.25, 0.3) is 0 Å². The first-order chi connectivity index (χ1) is 10.2. The summed E-state index contributed by atoms with van der Waals surface area (Å²) >= 11 is 1.92. The van der Waals surface area contributed by atoms with Crippen LogP contribution in [-0.4, -0.2) is 29.0 Å². The Morgan fingerprint density at radius 1 is 1.19 bits per heavy atom. The lowest BCUT2D eigenvalue weighted by Gasteiger charge is -2.17. The van der Waals surface area contributed by atoms with Crippen molar-refractivity contribution in [3.05, 3.63) is 15.6 Å². The molecule has 0 bridgehead atoms. The van der Waals surface area contributed by atoms with Gasteiger partial charge in [0.2, 0.25) is 0 Å². The number of aryl methyl sites for hydroxylation is 1. The molecular formula is C17H31N3S. The van der Waals surface area contributed by atoms with E-state index in [0.29, 0.717) is 6.04 Å². The number of aromatic nitrogens is 1. The average molecular weight is 310 g/mol. The monoisotopic (exact) mass is 309 g/mol. The van der Waals surface area contributed by atoms with Gasteiger partial charge < -0.3 is 5.32 Å². The normalized spacial score (nSPS) is 18.6. The number of thiazole rings is 1. The fourth-order valence-corrected chi connectivity index (χ4v) is 3.97. The van der Waals surface area contributed by atoms with Crippen LogP contribution in [0.1, 0.15) is 68.5 Å². The van der Waals surface area contributed by atoms with E-state index >= 15 is 0 Å². The maximum atomic E-state index is 4.89. The minimum Gasteiger partial charge on any atom is -0.309 e. The molecule has 0 amide bonds. The van der Waals surface area contributed by atoms with E-state index in [1.165, 1.54) is 60.8 Å². The lowest BCUT2D eigenvalue weighted by atomic mass is 10.2. The Kier molecular flexibility index (Phi) is 7.14. The van der Waals surface area contributed by atoms with Crippen molar-refractivity contribution in [2.75, 3.05) is 13.1 Å². The molecule has 1 saturated heterocycles. The molecule has 1 atom stereocenters. The van der Waals surface area contributed by atoms with Crippen molar-refractivity contribution < 1.29 is 0 Å². The summed E-state index contributed by atoms with van der Waals surface area (Å²) in [5.74, 6) is 0. The molecule has 1 N–H and O–H groups in total. The zero-order chi connectivity index (χ0) is 15.1. The SMILES string of the molecule is CCc1nc(CN2CCCCCC2)sc1CNC(C)CC. The molecule has 1 unspecified atom stereocenters. The van der Waals surface area contributed by atoms with Crippen LogP contribution >= 0.6 is 11.3 Å². The fourth-order valence-electron chi connectivity index (χ4n) is 2.82. The summed E-state index contributed by atoms with van der Waals surface area (Å²) in [5.41, 5.74) is 1.31. The molecule has 120 valence electrons. The molecule has 1 fully saturated rings. The highest BCUT2D eigenvalue weighted by molar-refractivity contribution is 7.11. The Hall–Kier alpha value is -0.450. The summed E-state index contributed by atoms with van der Waals surface area (Å²) in [5, 5.41) is 4.92. The van der Waals surface area contributed by atoms with Gasteiger partial charge >= 0.3 is 0 Å². The minimum absolute atomic E-state index is 0.589. The smallest absolute Gasteiger partial charge is 0.107 e. The van der Waals surface area contributed by atoms with Crippen LogP contribution in [0.3, 0.4) is 0 Å². The van der Waals surface area contributed by atoms with Gasteiger partial charge in [-0.1, -0.05) is 26.7 Å². The largest absolute Gasteiger partial charge is 0.309 e. The number of nitrogens with zero attached hydrogens (tertiary/aromatic N) is 2. The van der Waals surface area contributed by atoms with E-state index in [-0.39, 0.29) is 0 Å². The maximum Gasteiger partial charge on any atom is 0.107 e. The zero-order valence-electron chi connectivity index (χ0n) is 14.0. The predicted octanol–water partition coefficient (Wildman–Crippen LogP) is 3.97. The van der Waals surface area contributed by atoms with Gasteiger partial charge in [0.05, 0.1) is 12.2 Å². The standard InChI is InChI=1S/C17H31N3S/c1-4-14(3)18-12-16-15(5-2)19-17(21-16)13-20-10-8-6-7-9-11-20/h14,18H,4-13H2,1-3H3. The summed E-state index contributed by atoms with van der Waals surface area (Å²) in [7, 11) is 0. The molecule has 3 nitrogen and oxygen atoms in total. The third-order valence-corrected chi connectivity index (χ3v) is 5.52. The summed E-state index contributed by atoms with van der Waals surface area (Å²) in [4.78, 5) is 8.94. The first-order valence-corrected chi connectivity index (χ1v) is 9.47. The Labute approximate surface area is 134 Å². The number of nitrogens with one attached hydrogen (secondary N) is 1. The lowest BCUT2D eigenvalue weighted by molar-refractivity contribution is 0.276. The molecule has 1 aliphatic heterocycles. The summed E-state index contributed by atoms with van der Waals surface area (Å²) in [6.45, 7) is 11.2. The molecule has 0 spiro atoms. The molecule has 1 aromatic heterocycles. The van der Waals surface area contributed by atoms with Crippen molar-refractivity contribution in [1.29, 1.82) is 0 Å². The van der Waals surface area contributed by atoms with E-state index in [1.807, 2.05) is 11.3 Å². The molecule has 0 aromatic carbocycles. The van der Waals surface area contributed by atoms with Crippen molar-refractivity contribution in [2.45, 2.75) is 78.4 Å². The highest BCUT2D eigenvalue weighted by atomic mass is 32.1. The van der Waals surface area contributed by atoms with Crippen molar-refractivity contribution in [1.82, 2.24) is 15.2 Å². The number of hydrogen-bond donors (Lipinski definition) is 1. The van der Waals surface area contributed by atoms with Crippen molar-refractivity contribution in [2.24, 2.45) is 0 Å². The maximum absolute atomic E-state index is 4.89. The second-order valence-corrected chi connectivity index (χ2v) is 7.38. The summed E-state index contributed by atoms with van der Waals surface area (Å²) in [6, 6.07) is 0.589. The van der Waals surface area contributed by atoms with Gasteiger partial charge in [-0.05, 0) is 45.7 Å². The van der Waals surface area contributed by atoms with Gasteiger partial charge in [0, 0.05) is 17.5 Å². The Morgan fingerprint density at radius 2 is 1.90 bits per heavy atom. The van der Waals surface area contributed by atoms with Crippen LogP contribution in [0.5, 0.6) is 0 Å². The summed E-state index contributed by atoms with van der Waals surface area (Å²) < 4.78 is 0. The van der Waals surface area contributed by atoms with Crippen LogP contribution in [0.4, 0.5) is 0 Å². The molecule has 1 aliphatic rings. The van der Waals surface area contributed by atoms with Crippen molar-refractivity contribution >= 4 is 11.3 Å². The molecular weight excluding hydrogens is 278 g/mol. The van der Waals surface area contributed by atoms with E-state index in [4.69, 9.17) is 4.98 Å². The molecule has 0 radical (unpaired) electrons. The third-order valence-electron chi connectivity index (χ3n) is 4.44. The Morgan fingerprint density at radius 3 is 2.52 bits per heavy atom. The molecule has 0 saturated carbocycles. The lowest BCUT2D eigenvalue weighted by Crippen LogP contribution is -2.24. The predicted molar refractivity (Wildman–Crippen MR) is 91.8 cm³/mol. The minimum atomic E-state index is 0.589. The van der Waals surface area contributed by atoms with Crippen molar-refractivity contribution in [3.63, 3.8) is 0 Å². The fraction of sp³-hybridized carbons (Fsp3) is 0.824. The third kappa shape index (κ3) is 5.35. The second-order valence-electron chi connectivity index (χ2n) is 6.21. The summed E-state index contributed by atoms with van der Waals surface area (Å²) in [6.07, 6.45) is 7.75. The van der Waals surface area contributed by atoms with Crippen LogP contribution < -0.4 is 5.32 Å². The van der Waals surface area contributed by atoms with Gasteiger partial charge in [-0.3, -0.25) is 4.90 Å². The number of rotatable bonds is 7. The molecule has 0 aliphatic carbocycles. The van der Waals surface area contributed by atoms with Crippen LogP contribution in [0.2, 0.25) is 0 Å². The first kappa shape index (κ1) is 16.9. The molecule has 4 heteroatoms. The van der Waals surface area contributed by atoms with Gasteiger partial charge in [-0.2, -0.15) is 0 Å². The molecule has 2 rings (SSSR count). The highest BCUT2D eigenvalue weighted by Crippen LogP contribution is 2.22. The first-order valence-electron chi connectivity index (χ1n) is 8.66. The number of likely N-dealkylation sites (tertiary alicyclic amines) is 1. The Bertz CT molecular complexity index is 408. The average Bonchev–Trinajstić information content (AvgIpc) is 2.70. The van der Waals surface area contributed by atoms with E-state index in [1.54, 1.807) is 0 Å². The Balaban J connectivity index is 1.95.